The molecule has 212 valence electrons. The van der Waals surface area contributed by atoms with Gasteiger partial charge in [0.05, 0.1) is 11.3 Å². The smallest absolute Gasteiger partial charge is 0.259 e. The van der Waals surface area contributed by atoms with Crippen molar-refractivity contribution in [1.82, 2.24) is 15.0 Å². The highest BCUT2D eigenvalue weighted by Gasteiger charge is 2.29. The van der Waals surface area contributed by atoms with Crippen LogP contribution in [0, 0.1) is 0 Å². The van der Waals surface area contributed by atoms with E-state index in [4.69, 9.17) is 27.9 Å². The molecule has 2 aromatic carbocycles. The van der Waals surface area contributed by atoms with Crippen LogP contribution >= 0.6 is 0 Å². The van der Waals surface area contributed by atoms with E-state index < -0.39 is 5.91 Å². The highest BCUT2D eigenvalue weighted by atomic mass is 16.3. The molecule has 12 N–H and O–H groups in total. The lowest BCUT2D eigenvalue weighted by Crippen LogP contribution is -2.54. The topological polar surface area (TPSA) is 231 Å². The minimum atomic E-state index is -0.559. The van der Waals surface area contributed by atoms with Gasteiger partial charge in [-0.05, 0) is 37.1 Å². The van der Waals surface area contributed by atoms with Crippen molar-refractivity contribution in [3.63, 3.8) is 0 Å². The molecular formula is C26H35N11O3. The van der Waals surface area contributed by atoms with Crippen molar-refractivity contribution in [2.75, 3.05) is 46.6 Å². The third-order valence-electron chi connectivity index (χ3n) is 6.86. The number of piperidine rings is 2. The number of hydrogen-bond acceptors (Lipinski definition) is 13. The predicted octanol–water partition coefficient (Wildman–Crippen LogP) is 0.00810. The van der Waals surface area contributed by atoms with Gasteiger partial charge in [0.2, 0.25) is 17.8 Å². The Bertz CT molecular complexity index is 1310. The lowest BCUT2D eigenvalue weighted by molar-refractivity contribution is 0.102. The summed E-state index contributed by atoms with van der Waals surface area (Å²) in [5, 5.41) is 26.3. The molecule has 0 saturated carbocycles. The van der Waals surface area contributed by atoms with E-state index in [9.17, 15) is 15.0 Å². The van der Waals surface area contributed by atoms with Gasteiger partial charge in [0, 0.05) is 62.1 Å². The number of phenols is 2. The third-order valence-corrected chi connectivity index (χ3v) is 6.86. The quantitative estimate of drug-likeness (QED) is 0.190. The zero-order chi connectivity index (χ0) is 28.4. The molecule has 1 amide bonds. The van der Waals surface area contributed by atoms with Crippen molar-refractivity contribution in [3.05, 3.63) is 48.0 Å². The van der Waals surface area contributed by atoms with Gasteiger partial charge in [-0.25, -0.2) is 0 Å². The fourth-order valence-corrected chi connectivity index (χ4v) is 5.08. The lowest BCUT2D eigenvalue weighted by Gasteiger charge is -2.37. The van der Waals surface area contributed by atoms with Gasteiger partial charge in [-0.3, -0.25) is 4.79 Å². The highest BCUT2D eigenvalue weighted by molar-refractivity contribution is 6.06. The van der Waals surface area contributed by atoms with Gasteiger partial charge in [-0.1, -0.05) is 12.1 Å². The summed E-state index contributed by atoms with van der Waals surface area (Å²) in [6, 6.07) is 10.3. The molecule has 3 heterocycles. The van der Waals surface area contributed by atoms with Gasteiger partial charge in [-0.15, -0.1) is 0 Å². The van der Waals surface area contributed by atoms with E-state index in [0.29, 0.717) is 56.6 Å². The largest absolute Gasteiger partial charge is 0.507 e. The summed E-state index contributed by atoms with van der Waals surface area (Å²) >= 11 is 0. The predicted molar refractivity (Wildman–Crippen MR) is 153 cm³/mol. The van der Waals surface area contributed by atoms with Crippen molar-refractivity contribution in [3.8, 4) is 11.5 Å². The minimum absolute atomic E-state index is 0.0867. The summed E-state index contributed by atoms with van der Waals surface area (Å²) in [6.07, 6.45) is 1.42. The number of para-hydroxylation sites is 1. The first-order chi connectivity index (χ1) is 19.1. The molecule has 0 radical (unpaired) electrons. The third kappa shape index (κ3) is 6.31. The first-order valence-electron chi connectivity index (χ1n) is 13.1. The molecule has 14 heteroatoms. The first-order valence-corrected chi connectivity index (χ1v) is 13.1. The van der Waals surface area contributed by atoms with Crippen LogP contribution in [-0.4, -0.2) is 81.4 Å². The van der Waals surface area contributed by atoms with Crippen molar-refractivity contribution in [1.29, 1.82) is 0 Å². The molecule has 2 fully saturated rings. The van der Waals surface area contributed by atoms with Crippen LogP contribution < -0.4 is 43.4 Å². The number of hydrogen-bond donors (Lipinski definition) is 8. The van der Waals surface area contributed by atoms with Crippen LogP contribution in [0.15, 0.2) is 42.5 Å². The van der Waals surface area contributed by atoms with Crippen LogP contribution in [0.5, 0.6) is 11.5 Å². The summed E-state index contributed by atoms with van der Waals surface area (Å²) in [7, 11) is 0. The number of carbonyl (C=O) groups excluding carboxylic acids is 1. The van der Waals surface area contributed by atoms with E-state index in [1.165, 1.54) is 24.3 Å². The number of carbonyl (C=O) groups is 1. The van der Waals surface area contributed by atoms with Crippen LogP contribution in [-0.2, 0) is 0 Å². The van der Waals surface area contributed by atoms with E-state index >= 15 is 0 Å². The Morgan fingerprint density at radius 2 is 1.32 bits per heavy atom. The Morgan fingerprint density at radius 3 is 1.85 bits per heavy atom. The molecule has 0 spiro atoms. The molecule has 2 aliphatic rings. The summed E-state index contributed by atoms with van der Waals surface area (Å²) in [5.74, 6) is 0.167. The van der Waals surface area contributed by atoms with Crippen LogP contribution in [0.4, 0.5) is 29.2 Å². The number of anilines is 5. The maximum Gasteiger partial charge on any atom is 0.259 e. The lowest BCUT2D eigenvalue weighted by atomic mass is 10.0. The Labute approximate surface area is 231 Å². The molecule has 40 heavy (non-hydrogen) atoms. The van der Waals surface area contributed by atoms with Crippen LogP contribution in [0.1, 0.15) is 23.2 Å². The van der Waals surface area contributed by atoms with Gasteiger partial charge in [0.1, 0.15) is 11.5 Å². The Hall–Kier alpha value is -4.24. The summed E-state index contributed by atoms with van der Waals surface area (Å²) in [6.45, 7) is 2.17. The van der Waals surface area contributed by atoms with Crippen molar-refractivity contribution >= 4 is 35.1 Å². The van der Waals surface area contributed by atoms with Gasteiger partial charge < -0.3 is 53.6 Å². The SMILES string of the molecule is N[C@@H]1C[C@H](N)CN(c2nc(Nc3ccc(NC(=O)c4ccccc4O)c(O)c3)nc(N3C[C@H](N)C[C@H](N)C3)n2)C1. The van der Waals surface area contributed by atoms with Gasteiger partial charge >= 0.3 is 0 Å². The number of nitrogens with zero attached hydrogens (tertiary/aromatic N) is 5. The molecule has 0 bridgehead atoms. The molecule has 4 atom stereocenters. The normalized spacial score (nSPS) is 23.1. The number of phenolic OH excluding ortho intramolecular Hbond substituents is 2. The Morgan fingerprint density at radius 1 is 0.775 bits per heavy atom. The maximum absolute atomic E-state index is 12.6. The van der Waals surface area contributed by atoms with Crippen LogP contribution in [0.3, 0.4) is 0 Å². The Kier molecular flexibility index (Phi) is 7.84. The number of amides is 1. The van der Waals surface area contributed by atoms with Crippen molar-refractivity contribution < 1.29 is 15.0 Å². The zero-order valence-electron chi connectivity index (χ0n) is 21.9. The zero-order valence-corrected chi connectivity index (χ0v) is 21.9. The molecule has 5 rings (SSSR count). The molecule has 2 saturated heterocycles. The standard InChI is InChI=1S/C26H35N11O3/c27-14-7-15(28)11-36(10-14)25-33-24(34-26(35-25)37-12-16(29)8-17(30)13-37)31-18-5-6-20(22(39)9-18)32-23(40)19-3-1-2-4-21(19)38/h1-6,9,14-17,38-39H,7-8,10-13,27-30H2,(H,32,40)(H,31,33,34,35)/t14-,15+,16-,17+. The maximum atomic E-state index is 12.6. The fourth-order valence-electron chi connectivity index (χ4n) is 5.08. The van der Waals surface area contributed by atoms with Crippen molar-refractivity contribution in [2.24, 2.45) is 22.9 Å². The average molecular weight is 550 g/mol. The molecular weight excluding hydrogens is 514 g/mol. The molecule has 0 unspecified atom stereocenters. The number of nitrogens with two attached hydrogens (primary N) is 4. The summed E-state index contributed by atoms with van der Waals surface area (Å²) in [4.78, 5) is 30.4. The monoisotopic (exact) mass is 549 g/mol. The number of aromatic nitrogens is 3. The van der Waals surface area contributed by atoms with E-state index in [1.807, 2.05) is 9.80 Å². The number of benzene rings is 2. The minimum Gasteiger partial charge on any atom is -0.507 e. The fraction of sp³-hybridized carbons (Fsp3) is 0.385. The van der Waals surface area contributed by atoms with Crippen molar-refractivity contribution in [2.45, 2.75) is 37.0 Å². The molecule has 2 aliphatic heterocycles. The molecule has 3 aromatic rings. The van der Waals surface area contributed by atoms with E-state index in [0.717, 1.165) is 0 Å². The second-order valence-electron chi connectivity index (χ2n) is 10.4. The number of rotatable bonds is 6. The Balaban J connectivity index is 1.40. The van der Waals surface area contributed by atoms with E-state index in [-0.39, 0.29) is 52.9 Å². The van der Waals surface area contributed by atoms with Gasteiger partial charge in [-0.2, -0.15) is 15.0 Å². The molecule has 0 aliphatic carbocycles. The second-order valence-corrected chi connectivity index (χ2v) is 10.4. The molecule has 14 nitrogen and oxygen atoms in total. The molecule has 1 aromatic heterocycles. The summed E-state index contributed by atoms with van der Waals surface area (Å²) in [5.41, 5.74) is 25.6. The van der Waals surface area contributed by atoms with Crippen LogP contribution in [0.2, 0.25) is 0 Å². The second kappa shape index (κ2) is 11.5. The van der Waals surface area contributed by atoms with Crippen LogP contribution in [0.25, 0.3) is 0 Å². The first kappa shape index (κ1) is 27.3. The van der Waals surface area contributed by atoms with E-state index in [2.05, 4.69) is 20.6 Å². The van der Waals surface area contributed by atoms with Gasteiger partial charge in [0.25, 0.3) is 5.91 Å². The summed E-state index contributed by atoms with van der Waals surface area (Å²) < 4.78 is 0. The average Bonchev–Trinajstić information content (AvgIpc) is 2.89. The number of aromatic hydroxyl groups is 2. The highest BCUT2D eigenvalue weighted by Crippen LogP contribution is 2.30. The van der Waals surface area contributed by atoms with E-state index in [1.54, 1.807) is 18.2 Å². The van der Waals surface area contributed by atoms with Gasteiger partial charge in [0.15, 0.2) is 0 Å². The number of nitrogens with one attached hydrogen (secondary N) is 2.